The molecule has 0 amide bonds. The highest BCUT2D eigenvalue weighted by Gasteiger charge is 2.27. The third-order valence-corrected chi connectivity index (χ3v) is 4.34. The molecule has 1 saturated heterocycles. The van der Waals surface area contributed by atoms with Crippen molar-refractivity contribution in [2.75, 3.05) is 24.6 Å². The van der Waals surface area contributed by atoms with Gasteiger partial charge in [0.1, 0.15) is 12.1 Å². The minimum atomic E-state index is 0.0262. The lowest BCUT2D eigenvalue weighted by molar-refractivity contribution is 0.271. The lowest BCUT2D eigenvalue weighted by atomic mass is 9.98. The Labute approximate surface area is 138 Å². The normalized spacial score (nSPS) is 18.4. The second-order valence-electron chi connectivity index (χ2n) is 5.99. The molecule has 1 aliphatic rings. The van der Waals surface area contributed by atoms with Gasteiger partial charge in [0.2, 0.25) is 5.89 Å². The highest BCUT2D eigenvalue weighted by molar-refractivity contribution is 5.86. The van der Waals surface area contributed by atoms with Crippen LogP contribution in [0, 0.1) is 6.92 Å². The fourth-order valence-corrected chi connectivity index (χ4v) is 3.24. The average Bonchev–Trinajstić information content (AvgIpc) is 3.22. The fraction of sp³-hybridized carbons (Fsp3) is 0.533. The van der Waals surface area contributed by atoms with Crippen molar-refractivity contribution < 1.29 is 9.63 Å². The Morgan fingerprint density at radius 3 is 3.08 bits per heavy atom. The molecule has 9 nitrogen and oxygen atoms in total. The number of aryl methyl sites for hydroxylation is 1. The van der Waals surface area contributed by atoms with Gasteiger partial charge >= 0.3 is 0 Å². The van der Waals surface area contributed by atoms with Crippen molar-refractivity contribution in [2.24, 2.45) is 0 Å². The van der Waals surface area contributed by atoms with E-state index < -0.39 is 0 Å². The zero-order valence-corrected chi connectivity index (χ0v) is 13.5. The molecule has 1 atom stereocenters. The van der Waals surface area contributed by atoms with Crippen LogP contribution in [-0.4, -0.2) is 54.7 Å². The van der Waals surface area contributed by atoms with Crippen LogP contribution in [0.5, 0.6) is 0 Å². The number of hydrogen-bond acceptors (Lipinski definition) is 8. The molecule has 3 aromatic rings. The van der Waals surface area contributed by atoms with Crippen LogP contribution in [0.4, 0.5) is 5.82 Å². The first-order valence-electron chi connectivity index (χ1n) is 8.09. The predicted octanol–water partition coefficient (Wildman–Crippen LogP) is 0.894. The van der Waals surface area contributed by atoms with E-state index in [1.54, 1.807) is 17.2 Å². The molecule has 1 aliphatic heterocycles. The van der Waals surface area contributed by atoms with Crippen molar-refractivity contribution in [3.05, 3.63) is 24.2 Å². The summed E-state index contributed by atoms with van der Waals surface area (Å²) in [5.41, 5.74) is 0.741. The Balaban J connectivity index is 1.64. The standard InChI is InChI=1S/C15H19N7O2/c1-10-19-15(24-20-10)11-3-2-4-21(8-11)13-12-7-18-22(5-6-23)14(12)17-9-16-13/h7,9,11,23H,2-6,8H2,1H3. The first-order valence-corrected chi connectivity index (χ1v) is 8.09. The number of anilines is 1. The molecule has 0 bridgehead atoms. The molecule has 1 fully saturated rings. The maximum atomic E-state index is 9.14. The lowest BCUT2D eigenvalue weighted by Crippen LogP contribution is -2.35. The molecule has 4 heterocycles. The molecule has 4 rings (SSSR count). The molecule has 0 saturated carbocycles. The minimum Gasteiger partial charge on any atom is -0.394 e. The van der Waals surface area contributed by atoms with Gasteiger partial charge in [0.25, 0.3) is 0 Å². The molecular formula is C15H19N7O2. The number of hydrogen-bond donors (Lipinski definition) is 1. The van der Waals surface area contributed by atoms with Crippen LogP contribution in [0.3, 0.4) is 0 Å². The minimum absolute atomic E-state index is 0.0262. The number of nitrogens with zero attached hydrogens (tertiary/aromatic N) is 7. The molecule has 0 aliphatic carbocycles. The maximum Gasteiger partial charge on any atom is 0.231 e. The fourth-order valence-electron chi connectivity index (χ4n) is 3.24. The van der Waals surface area contributed by atoms with Crippen molar-refractivity contribution in [1.82, 2.24) is 29.9 Å². The van der Waals surface area contributed by atoms with E-state index in [1.807, 2.05) is 6.92 Å². The third kappa shape index (κ3) is 2.60. The second kappa shape index (κ2) is 6.16. The van der Waals surface area contributed by atoms with Gasteiger partial charge in [-0.1, -0.05) is 5.16 Å². The van der Waals surface area contributed by atoms with Crippen LogP contribution >= 0.6 is 0 Å². The maximum absolute atomic E-state index is 9.14. The van der Waals surface area contributed by atoms with Gasteiger partial charge in [-0.2, -0.15) is 10.1 Å². The van der Waals surface area contributed by atoms with Gasteiger partial charge in [-0.15, -0.1) is 0 Å². The zero-order valence-electron chi connectivity index (χ0n) is 13.5. The van der Waals surface area contributed by atoms with Crippen molar-refractivity contribution in [3.8, 4) is 0 Å². The molecule has 126 valence electrons. The van der Waals surface area contributed by atoms with E-state index in [4.69, 9.17) is 9.63 Å². The smallest absolute Gasteiger partial charge is 0.231 e. The third-order valence-electron chi connectivity index (χ3n) is 4.34. The van der Waals surface area contributed by atoms with E-state index in [9.17, 15) is 0 Å². The highest BCUT2D eigenvalue weighted by Crippen LogP contribution is 2.31. The summed E-state index contributed by atoms with van der Waals surface area (Å²) in [7, 11) is 0. The summed E-state index contributed by atoms with van der Waals surface area (Å²) in [4.78, 5) is 15.4. The summed E-state index contributed by atoms with van der Waals surface area (Å²) in [5.74, 6) is 2.43. The summed E-state index contributed by atoms with van der Waals surface area (Å²) in [6.07, 6.45) is 5.37. The second-order valence-corrected chi connectivity index (χ2v) is 5.99. The molecule has 0 aromatic carbocycles. The largest absolute Gasteiger partial charge is 0.394 e. The van der Waals surface area contributed by atoms with Crippen LogP contribution in [0.2, 0.25) is 0 Å². The molecule has 0 spiro atoms. The summed E-state index contributed by atoms with van der Waals surface area (Å²) in [6, 6.07) is 0. The van der Waals surface area contributed by atoms with Gasteiger partial charge < -0.3 is 14.5 Å². The molecule has 9 heteroatoms. The number of aliphatic hydroxyl groups excluding tert-OH is 1. The van der Waals surface area contributed by atoms with E-state index >= 15 is 0 Å². The van der Waals surface area contributed by atoms with Crippen LogP contribution in [0.25, 0.3) is 11.0 Å². The van der Waals surface area contributed by atoms with Crippen LogP contribution in [0.1, 0.15) is 30.5 Å². The summed E-state index contributed by atoms with van der Waals surface area (Å²) in [6.45, 7) is 3.97. The van der Waals surface area contributed by atoms with Crippen LogP contribution < -0.4 is 4.90 Å². The lowest BCUT2D eigenvalue weighted by Gasteiger charge is -2.32. The van der Waals surface area contributed by atoms with E-state index in [0.29, 0.717) is 18.3 Å². The molecule has 1 N–H and O–H groups in total. The Hall–Kier alpha value is -2.55. The van der Waals surface area contributed by atoms with Crippen molar-refractivity contribution >= 4 is 16.9 Å². The Kier molecular flexibility index (Phi) is 3.85. The molecule has 3 aromatic heterocycles. The van der Waals surface area contributed by atoms with Crippen LogP contribution in [-0.2, 0) is 6.54 Å². The van der Waals surface area contributed by atoms with E-state index in [0.717, 1.165) is 42.8 Å². The summed E-state index contributed by atoms with van der Waals surface area (Å²) >= 11 is 0. The number of aromatic nitrogens is 6. The Bertz CT molecular complexity index is 843. The van der Waals surface area contributed by atoms with Gasteiger partial charge in [-0.05, 0) is 19.8 Å². The molecule has 1 unspecified atom stereocenters. The summed E-state index contributed by atoms with van der Waals surface area (Å²) in [5, 5.41) is 18.2. The van der Waals surface area contributed by atoms with E-state index in [1.165, 1.54) is 0 Å². The zero-order chi connectivity index (χ0) is 16.5. The predicted molar refractivity (Wildman–Crippen MR) is 85.6 cm³/mol. The number of aliphatic hydroxyl groups is 1. The Morgan fingerprint density at radius 1 is 1.38 bits per heavy atom. The quantitative estimate of drug-likeness (QED) is 0.752. The highest BCUT2D eigenvalue weighted by atomic mass is 16.5. The molecule has 24 heavy (non-hydrogen) atoms. The topological polar surface area (TPSA) is 106 Å². The molecule has 0 radical (unpaired) electrons. The number of rotatable bonds is 4. The van der Waals surface area contributed by atoms with E-state index in [-0.39, 0.29) is 12.5 Å². The van der Waals surface area contributed by atoms with Crippen molar-refractivity contribution in [1.29, 1.82) is 0 Å². The number of piperidine rings is 1. The van der Waals surface area contributed by atoms with Crippen LogP contribution in [0.15, 0.2) is 17.0 Å². The Morgan fingerprint density at radius 2 is 2.29 bits per heavy atom. The van der Waals surface area contributed by atoms with Crippen molar-refractivity contribution in [3.63, 3.8) is 0 Å². The van der Waals surface area contributed by atoms with Crippen molar-refractivity contribution in [2.45, 2.75) is 32.2 Å². The number of fused-ring (bicyclic) bond motifs is 1. The van der Waals surface area contributed by atoms with Gasteiger partial charge in [0.15, 0.2) is 11.5 Å². The van der Waals surface area contributed by atoms with Gasteiger partial charge in [0.05, 0.1) is 30.7 Å². The van der Waals surface area contributed by atoms with Gasteiger partial charge in [-0.25, -0.2) is 14.6 Å². The van der Waals surface area contributed by atoms with E-state index in [2.05, 4.69) is 30.1 Å². The SMILES string of the molecule is Cc1noc(C2CCCN(c3ncnc4c3cnn4CCO)C2)n1. The van der Waals surface area contributed by atoms with Gasteiger partial charge in [-0.3, -0.25) is 0 Å². The first-order chi connectivity index (χ1) is 11.8. The molecular weight excluding hydrogens is 310 g/mol. The van der Waals surface area contributed by atoms with Gasteiger partial charge in [0, 0.05) is 13.1 Å². The monoisotopic (exact) mass is 329 g/mol. The average molecular weight is 329 g/mol. The first kappa shape index (κ1) is 15.0. The summed E-state index contributed by atoms with van der Waals surface area (Å²) < 4.78 is 7.04.